The highest BCUT2D eigenvalue weighted by atomic mass is 28.4. The highest BCUT2D eigenvalue weighted by Gasteiger charge is 2.43. The van der Waals surface area contributed by atoms with Crippen LogP contribution in [0, 0.1) is 0 Å². The SMILES string of the molecule is CC(=O)NC(/C=N/O[Si](C)(C)C)C(O[Si](C)(C)C)C(O[Si](C)(C)C)C(CO[Si](C)(C)C)O[Si](C)(C)C. The minimum Gasteiger partial charge on any atom is -0.456 e. The minimum atomic E-state index is -2.10. The molecule has 1 N–H and O–H groups in total. The van der Waals surface area contributed by atoms with Gasteiger partial charge in [-0.25, -0.2) is 0 Å². The Kier molecular flexibility index (Phi) is 13.7. The van der Waals surface area contributed by atoms with E-state index in [1.165, 1.54) is 6.92 Å². The van der Waals surface area contributed by atoms with Gasteiger partial charge in [0, 0.05) is 6.92 Å². The van der Waals surface area contributed by atoms with Gasteiger partial charge in [0.15, 0.2) is 33.3 Å². The monoisotopic (exact) mass is 596 g/mol. The number of carbonyl (C=O) groups excluding carboxylic acids is 1. The minimum absolute atomic E-state index is 0.170. The van der Waals surface area contributed by atoms with Gasteiger partial charge < -0.3 is 27.5 Å². The molecule has 0 aromatic carbocycles. The lowest BCUT2D eigenvalue weighted by Crippen LogP contribution is -2.61. The van der Waals surface area contributed by atoms with E-state index >= 15 is 0 Å². The van der Waals surface area contributed by atoms with E-state index in [1.54, 1.807) is 6.21 Å². The van der Waals surface area contributed by atoms with Crippen molar-refractivity contribution in [1.29, 1.82) is 0 Å². The number of rotatable bonds is 16. The summed E-state index contributed by atoms with van der Waals surface area (Å²) >= 11 is 0. The van der Waals surface area contributed by atoms with E-state index in [0.29, 0.717) is 6.61 Å². The Morgan fingerprint density at radius 3 is 1.50 bits per heavy atom. The van der Waals surface area contributed by atoms with Gasteiger partial charge in [0.05, 0.1) is 37.2 Å². The second-order valence-corrected chi connectivity index (χ2v) is 36.6. The standard InChI is InChI=1S/C23H56N2O6Si5/c1-19(26)25-20(17-24-31-36(14,15)16)22(29-34(8,9)10)23(30-35(11,12)13)21(28-33(5,6)7)18-27-32(2,3)4/h17,20-23H,18H2,1-16H3,(H,25,26)/b24-17+. The summed E-state index contributed by atoms with van der Waals surface area (Å²) in [4.78, 5) is 12.3. The fourth-order valence-electron chi connectivity index (χ4n) is 3.19. The fraction of sp³-hybridized carbons (Fsp3) is 0.913. The molecule has 0 aliphatic heterocycles. The third kappa shape index (κ3) is 19.0. The van der Waals surface area contributed by atoms with Crippen LogP contribution in [0.1, 0.15) is 6.92 Å². The molecule has 4 unspecified atom stereocenters. The molecule has 0 spiro atoms. The fourth-order valence-corrected chi connectivity index (χ4v) is 7.54. The predicted molar refractivity (Wildman–Crippen MR) is 164 cm³/mol. The van der Waals surface area contributed by atoms with Crippen LogP contribution in [-0.2, 0) is 27.0 Å². The largest absolute Gasteiger partial charge is 0.456 e. The number of hydrogen-bond donors (Lipinski definition) is 1. The summed E-state index contributed by atoms with van der Waals surface area (Å²) in [6, 6.07) is -0.549. The summed E-state index contributed by atoms with van der Waals surface area (Å²) < 4.78 is 32.5. The lowest BCUT2D eigenvalue weighted by molar-refractivity contribution is -0.120. The Labute approximate surface area is 226 Å². The number of nitrogens with zero attached hydrogens (tertiary/aromatic N) is 1. The van der Waals surface area contributed by atoms with Crippen molar-refractivity contribution in [2.75, 3.05) is 6.61 Å². The highest BCUT2D eigenvalue weighted by molar-refractivity contribution is 6.71. The summed E-state index contributed by atoms with van der Waals surface area (Å²) in [7, 11) is -9.89. The van der Waals surface area contributed by atoms with Crippen LogP contribution in [0.15, 0.2) is 5.16 Å². The van der Waals surface area contributed by atoms with Crippen molar-refractivity contribution in [2.45, 2.75) is 129 Å². The smallest absolute Gasteiger partial charge is 0.278 e. The number of hydrogen-bond acceptors (Lipinski definition) is 7. The molecule has 0 saturated heterocycles. The van der Waals surface area contributed by atoms with Crippen molar-refractivity contribution < 1.29 is 27.0 Å². The van der Waals surface area contributed by atoms with Crippen molar-refractivity contribution >= 4 is 53.7 Å². The van der Waals surface area contributed by atoms with Crippen LogP contribution in [0.25, 0.3) is 0 Å². The van der Waals surface area contributed by atoms with Crippen molar-refractivity contribution in [3.63, 3.8) is 0 Å². The molecule has 0 aromatic heterocycles. The molecule has 0 aliphatic rings. The topological polar surface area (TPSA) is 87.6 Å². The van der Waals surface area contributed by atoms with E-state index in [9.17, 15) is 4.79 Å². The lowest BCUT2D eigenvalue weighted by atomic mass is 10.0. The molecule has 0 aliphatic carbocycles. The first-order valence-corrected chi connectivity index (χ1v) is 30.0. The maximum atomic E-state index is 12.3. The summed E-state index contributed by atoms with van der Waals surface area (Å²) in [5, 5.41) is 7.35. The number of nitrogens with one attached hydrogen (secondary N) is 1. The molecule has 0 saturated carbocycles. The van der Waals surface area contributed by atoms with Crippen molar-refractivity contribution in [3.8, 4) is 0 Å². The van der Waals surface area contributed by atoms with Gasteiger partial charge in [0.1, 0.15) is 0 Å². The second kappa shape index (κ2) is 13.8. The number of oxime groups is 1. The zero-order valence-corrected chi connectivity index (χ0v) is 31.0. The van der Waals surface area contributed by atoms with E-state index in [-0.39, 0.29) is 12.0 Å². The zero-order chi connectivity index (χ0) is 28.8. The highest BCUT2D eigenvalue weighted by Crippen LogP contribution is 2.26. The van der Waals surface area contributed by atoms with Gasteiger partial charge in [-0.05, 0) is 98.2 Å². The molecule has 13 heteroatoms. The van der Waals surface area contributed by atoms with Gasteiger partial charge in [-0.3, -0.25) is 4.79 Å². The summed E-state index contributed by atoms with van der Waals surface area (Å²) in [5.74, 6) is -0.170. The van der Waals surface area contributed by atoms with Crippen LogP contribution in [0.2, 0.25) is 98.2 Å². The van der Waals surface area contributed by atoms with Crippen molar-refractivity contribution in [3.05, 3.63) is 0 Å². The van der Waals surface area contributed by atoms with E-state index < -0.39 is 59.8 Å². The van der Waals surface area contributed by atoms with E-state index in [1.807, 2.05) is 0 Å². The van der Waals surface area contributed by atoms with Crippen LogP contribution in [0.5, 0.6) is 0 Å². The van der Waals surface area contributed by atoms with Gasteiger partial charge in [-0.2, -0.15) is 0 Å². The Bertz CT molecular complexity index is 706. The quantitative estimate of drug-likeness (QED) is 0.137. The first-order chi connectivity index (χ1) is 15.8. The first kappa shape index (κ1) is 35.9. The summed E-state index contributed by atoms with van der Waals surface area (Å²) in [6.07, 6.45) is 0.337. The van der Waals surface area contributed by atoms with Crippen LogP contribution < -0.4 is 5.32 Å². The van der Waals surface area contributed by atoms with Gasteiger partial charge in [-0.15, -0.1) is 5.16 Å². The third-order valence-corrected chi connectivity index (χ3v) is 8.78. The summed E-state index contributed by atoms with van der Waals surface area (Å²) in [6.45, 7) is 34.0. The van der Waals surface area contributed by atoms with Gasteiger partial charge in [-0.1, -0.05) is 0 Å². The van der Waals surface area contributed by atoms with Gasteiger partial charge >= 0.3 is 0 Å². The van der Waals surface area contributed by atoms with Gasteiger partial charge in [0.2, 0.25) is 5.91 Å². The Balaban J connectivity index is 6.78. The molecule has 0 heterocycles. The van der Waals surface area contributed by atoms with E-state index in [4.69, 9.17) is 22.2 Å². The van der Waals surface area contributed by atoms with Crippen LogP contribution >= 0.6 is 0 Å². The second-order valence-electron chi connectivity index (χ2n) is 14.3. The molecule has 0 radical (unpaired) electrons. The van der Waals surface area contributed by atoms with Crippen molar-refractivity contribution in [1.82, 2.24) is 5.32 Å². The maximum absolute atomic E-state index is 12.3. The predicted octanol–water partition coefficient (Wildman–Crippen LogP) is 5.84. The van der Waals surface area contributed by atoms with Crippen LogP contribution in [0.4, 0.5) is 0 Å². The molecule has 0 bridgehead atoms. The zero-order valence-electron chi connectivity index (χ0n) is 26.0. The molecule has 0 aromatic rings. The van der Waals surface area contributed by atoms with E-state index in [0.717, 1.165) is 0 Å². The number of carbonyl (C=O) groups is 1. The van der Waals surface area contributed by atoms with Crippen LogP contribution in [-0.4, -0.2) is 84.7 Å². The molecule has 1 amide bonds. The molecule has 36 heavy (non-hydrogen) atoms. The molecule has 4 atom stereocenters. The molecule has 8 nitrogen and oxygen atoms in total. The lowest BCUT2D eigenvalue weighted by Gasteiger charge is -2.44. The number of amides is 1. The Hall–Kier alpha value is -0.136. The van der Waals surface area contributed by atoms with E-state index in [2.05, 4.69) is 109 Å². The Morgan fingerprint density at radius 1 is 0.694 bits per heavy atom. The third-order valence-electron chi connectivity index (χ3n) is 4.13. The van der Waals surface area contributed by atoms with Crippen molar-refractivity contribution in [2.24, 2.45) is 5.16 Å². The maximum Gasteiger partial charge on any atom is 0.278 e. The first-order valence-electron chi connectivity index (χ1n) is 12.9. The van der Waals surface area contributed by atoms with Gasteiger partial charge in [0.25, 0.3) is 8.32 Å². The normalized spacial score (nSPS) is 17.6. The average Bonchev–Trinajstić information content (AvgIpc) is 2.56. The molecule has 0 rings (SSSR count). The molecule has 0 fully saturated rings. The average molecular weight is 597 g/mol. The van der Waals surface area contributed by atoms with Crippen LogP contribution in [0.3, 0.4) is 0 Å². The molecule has 214 valence electrons. The Morgan fingerprint density at radius 2 is 1.14 bits per heavy atom. The molecular weight excluding hydrogens is 541 g/mol. The molecular formula is C23H56N2O6Si5. The summed E-state index contributed by atoms with van der Waals surface area (Å²) in [5.41, 5.74) is 0.